The second-order valence-corrected chi connectivity index (χ2v) is 6.28. The van der Waals surface area contributed by atoms with E-state index in [0.717, 1.165) is 27.5 Å². The molecule has 2 aliphatic heterocycles. The molecular formula is C18H14O4S. The van der Waals surface area contributed by atoms with Crippen molar-refractivity contribution in [2.24, 2.45) is 0 Å². The summed E-state index contributed by atoms with van der Waals surface area (Å²) >= 11 is 1.66. The molecule has 0 bridgehead atoms. The third-order valence-electron chi connectivity index (χ3n) is 3.84. The third kappa shape index (κ3) is 2.57. The second-order valence-electron chi connectivity index (χ2n) is 5.26. The van der Waals surface area contributed by atoms with Gasteiger partial charge in [-0.1, -0.05) is 6.07 Å². The van der Waals surface area contributed by atoms with Crippen LogP contribution in [0.2, 0.25) is 0 Å². The highest BCUT2D eigenvalue weighted by Gasteiger charge is 2.23. The first-order valence-corrected chi connectivity index (χ1v) is 8.19. The van der Waals surface area contributed by atoms with E-state index in [1.807, 2.05) is 36.4 Å². The standard InChI is InChI=1S/C18H14O4S/c1-20-13-3-5-17-14(8-13)18(19)12(9-23-17)6-11-2-4-15-16(7-11)22-10-21-15/h2-8H,9-10H2,1H3. The van der Waals surface area contributed by atoms with Gasteiger partial charge < -0.3 is 14.2 Å². The van der Waals surface area contributed by atoms with Gasteiger partial charge in [0.15, 0.2) is 17.3 Å². The van der Waals surface area contributed by atoms with Crippen molar-refractivity contribution in [2.45, 2.75) is 4.90 Å². The van der Waals surface area contributed by atoms with E-state index in [9.17, 15) is 4.79 Å². The Labute approximate surface area is 138 Å². The normalized spacial score (nSPS) is 17.3. The van der Waals surface area contributed by atoms with E-state index in [2.05, 4.69) is 0 Å². The van der Waals surface area contributed by atoms with Crippen LogP contribution in [0.5, 0.6) is 17.2 Å². The fraction of sp³-hybridized carbons (Fsp3) is 0.167. The van der Waals surface area contributed by atoms with Crippen LogP contribution in [0.25, 0.3) is 6.08 Å². The molecule has 2 heterocycles. The predicted octanol–water partition coefficient (Wildman–Crippen LogP) is 3.80. The van der Waals surface area contributed by atoms with Gasteiger partial charge in [-0.05, 0) is 42.0 Å². The molecule has 0 unspecified atom stereocenters. The van der Waals surface area contributed by atoms with Gasteiger partial charge in [-0.25, -0.2) is 0 Å². The molecule has 0 atom stereocenters. The number of hydrogen-bond acceptors (Lipinski definition) is 5. The van der Waals surface area contributed by atoms with Crippen LogP contribution in [-0.2, 0) is 0 Å². The molecule has 0 amide bonds. The van der Waals surface area contributed by atoms with Gasteiger partial charge in [-0.2, -0.15) is 0 Å². The molecule has 4 nitrogen and oxygen atoms in total. The lowest BCUT2D eigenvalue weighted by Crippen LogP contribution is -2.12. The molecule has 2 aromatic carbocycles. The molecule has 0 aromatic heterocycles. The number of ether oxygens (including phenoxy) is 3. The molecule has 4 rings (SSSR count). The van der Waals surface area contributed by atoms with Gasteiger partial charge >= 0.3 is 0 Å². The molecule has 0 spiro atoms. The Kier molecular flexibility index (Phi) is 3.50. The summed E-state index contributed by atoms with van der Waals surface area (Å²) < 4.78 is 15.9. The molecule has 0 fully saturated rings. The number of methoxy groups -OCH3 is 1. The number of carbonyl (C=O) groups is 1. The molecule has 2 aromatic rings. The van der Waals surface area contributed by atoms with Crippen LogP contribution >= 0.6 is 11.8 Å². The Bertz CT molecular complexity index is 826. The van der Waals surface area contributed by atoms with Gasteiger partial charge in [0.2, 0.25) is 6.79 Å². The van der Waals surface area contributed by atoms with Crippen LogP contribution in [0.4, 0.5) is 0 Å². The molecule has 23 heavy (non-hydrogen) atoms. The lowest BCUT2D eigenvalue weighted by Gasteiger charge is -2.17. The number of thioether (sulfide) groups is 1. The van der Waals surface area contributed by atoms with Crippen molar-refractivity contribution < 1.29 is 19.0 Å². The second kappa shape index (κ2) is 5.66. The van der Waals surface area contributed by atoms with Crippen molar-refractivity contribution in [3.63, 3.8) is 0 Å². The first-order chi connectivity index (χ1) is 11.2. The SMILES string of the molecule is COc1ccc2c(c1)C(=O)C(=Cc1ccc3c(c1)OCO3)CS2. The summed E-state index contributed by atoms with van der Waals surface area (Å²) in [4.78, 5) is 13.7. The van der Waals surface area contributed by atoms with Crippen molar-refractivity contribution in [3.05, 3.63) is 53.1 Å². The largest absolute Gasteiger partial charge is 0.497 e. The van der Waals surface area contributed by atoms with Crippen LogP contribution in [0.15, 0.2) is 46.9 Å². The third-order valence-corrected chi connectivity index (χ3v) is 4.97. The fourth-order valence-electron chi connectivity index (χ4n) is 2.64. The van der Waals surface area contributed by atoms with Crippen molar-refractivity contribution in [2.75, 3.05) is 19.7 Å². The zero-order valence-electron chi connectivity index (χ0n) is 12.5. The van der Waals surface area contributed by atoms with Crippen molar-refractivity contribution in [3.8, 4) is 17.2 Å². The minimum Gasteiger partial charge on any atom is -0.497 e. The molecule has 0 saturated heterocycles. The Hall–Kier alpha value is -2.40. The van der Waals surface area contributed by atoms with E-state index in [-0.39, 0.29) is 12.6 Å². The number of benzene rings is 2. The summed E-state index contributed by atoms with van der Waals surface area (Å²) in [6.07, 6.45) is 1.92. The quantitative estimate of drug-likeness (QED) is 0.786. The first-order valence-electron chi connectivity index (χ1n) is 7.20. The molecule has 0 radical (unpaired) electrons. The molecule has 116 valence electrons. The predicted molar refractivity (Wildman–Crippen MR) is 88.6 cm³/mol. The van der Waals surface area contributed by atoms with Gasteiger partial charge in [0.05, 0.1) is 7.11 Å². The monoisotopic (exact) mass is 326 g/mol. The van der Waals surface area contributed by atoms with Gasteiger partial charge in [0.1, 0.15) is 5.75 Å². The van der Waals surface area contributed by atoms with Gasteiger partial charge in [-0.3, -0.25) is 4.79 Å². The number of fused-ring (bicyclic) bond motifs is 2. The molecule has 5 heteroatoms. The number of rotatable bonds is 2. The smallest absolute Gasteiger partial charge is 0.231 e. The zero-order chi connectivity index (χ0) is 15.8. The first kappa shape index (κ1) is 14.2. The van der Waals surface area contributed by atoms with E-state index in [1.54, 1.807) is 24.9 Å². The van der Waals surface area contributed by atoms with Crippen molar-refractivity contribution in [1.82, 2.24) is 0 Å². The molecular weight excluding hydrogens is 312 g/mol. The van der Waals surface area contributed by atoms with Gasteiger partial charge in [-0.15, -0.1) is 11.8 Å². The Morgan fingerprint density at radius 1 is 1.13 bits per heavy atom. The van der Waals surface area contributed by atoms with Crippen LogP contribution in [0.3, 0.4) is 0 Å². The van der Waals surface area contributed by atoms with Crippen LogP contribution in [0.1, 0.15) is 15.9 Å². The van der Waals surface area contributed by atoms with E-state index < -0.39 is 0 Å². The highest BCUT2D eigenvalue weighted by Crippen LogP contribution is 2.37. The maximum atomic E-state index is 12.7. The molecule has 0 aliphatic carbocycles. The van der Waals surface area contributed by atoms with Crippen LogP contribution in [-0.4, -0.2) is 25.4 Å². The Morgan fingerprint density at radius 2 is 2.00 bits per heavy atom. The van der Waals surface area contributed by atoms with Gasteiger partial charge in [0, 0.05) is 21.8 Å². The summed E-state index contributed by atoms with van der Waals surface area (Å²) in [5.41, 5.74) is 2.41. The topological polar surface area (TPSA) is 44.8 Å². The Balaban J connectivity index is 1.68. The van der Waals surface area contributed by atoms with Crippen LogP contribution < -0.4 is 14.2 Å². The number of hydrogen-bond donors (Lipinski definition) is 0. The summed E-state index contributed by atoms with van der Waals surface area (Å²) in [6, 6.07) is 11.3. The summed E-state index contributed by atoms with van der Waals surface area (Å²) in [5.74, 6) is 2.87. The number of ketones is 1. The summed E-state index contributed by atoms with van der Waals surface area (Å²) in [7, 11) is 1.60. The average molecular weight is 326 g/mol. The lowest BCUT2D eigenvalue weighted by molar-refractivity contribution is 0.103. The molecule has 2 aliphatic rings. The van der Waals surface area contributed by atoms with E-state index in [0.29, 0.717) is 17.1 Å². The van der Waals surface area contributed by atoms with Gasteiger partial charge in [0.25, 0.3) is 0 Å². The summed E-state index contributed by atoms with van der Waals surface area (Å²) in [5, 5.41) is 0. The molecule has 0 N–H and O–H groups in total. The van der Waals surface area contributed by atoms with E-state index >= 15 is 0 Å². The molecule has 0 saturated carbocycles. The van der Waals surface area contributed by atoms with E-state index in [1.165, 1.54) is 0 Å². The minimum atomic E-state index is 0.0512. The Morgan fingerprint density at radius 3 is 2.87 bits per heavy atom. The number of carbonyl (C=O) groups excluding carboxylic acids is 1. The zero-order valence-corrected chi connectivity index (χ0v) is 13.3. The fourth-order valence-corrected chi connectivity index (χ4v) is 3.64. The highest BCUT2D eigenvalue weighted by molar-refractivity contribution is 7.99. The number of Topliss-reactive ketones (excluding diaryl/α,β-unsaturated/α-hetero) is 1. The van der Waals surface area contributed by atoms with E-state index in [4.69, 9.17) is 14.2 Å². The average Bonchev–Trinajstić information content (AvgIpc) is 3.05. The summed E-state index contributed by atoms with van der Waals surface area (Å²) in [6.45, 7) is 0.247. The maximum Gasteiger partial charge on any atom is 0.231 e. The van der Waals surface area contributed by atoms with Crippen molar-refractivity contribution in [1.29, 1.82) is 0 Å². The van der Waals surface area contributed by atoms with Crippen LogP contribution in [0, 0.1) is 0 Å². The van der Waals surface area contributed by atoms with Crippen molar-refractivity contribution >= 4 is 23.6 Å². The maximum absolute atomic E-state index is 12.7. The highest BCUT2D eigenvalue weighted by atomic mass is 32.2. The lowest BCUT2D eigenvalue weighted by atomic mass is 10.0. The minimum absolute atomic E-state index is 0.0512.